The van der Waals surface area contributed by atoms with E-state index in [2.05, 4.69) is 0 Å². The average molecular weight is 444 g/mol. The van der Waals surface area contributed by atoms with E-state index in [-0.39, 0.29) is 23.5 Å². The first kappa shape index (κ1) is 21.7. The van der Waals surface area contributed by atoms with E-state index in [0.29, 0.717) is 36.5 Å². The maximum atomic E-state index is 13.8. The Balaban J connectivity index is 1.59. The highest BCUT2D eigenvalue weighted by molar-refractivity contribution is 7.93. The molecule has 7 heteroatoms. The third-order valence-corrected chi connectivity index (χ3v) is 8.97. The highest BCUT2D eigenvalue weighted by Crippen LogP contribution is 2.43. The topological polar surface area (TPSA) is 72.9 Å². The van der Waals surface area contributed by atoms with Crippen LogP contribution in [0.4, 0.5) is 0 Å². The number of nitrogens with zero attached hydrogens (tertiary/aromatic N) is 1. The number of benzene rings is 2. The molecule has 4 rings (SSSR count). The molecule has 1 atom stereocenters. The van der Waals surface area contributed by atoms with E-state index in [4.69, 9.17) is 9.47 Å². The molecule has 2 aliphatic rings. The Morgan fingerprint density at radius 3 is 2.48 bits per heavy atom. The van der Waals surface area contributed by atoms with E-state index < -0.39 is 14.6 Å². The van der Waals surface area contributed by atoms with Crippen LogP contribution in [0.1, 0.15) is 36.8 Å². The van der Waals surface area contributed by atoms with Crippen molar-refractivity contribution < 1.29 is 22.7 Å². The highest BCUT2D eigenvalue weighted by Gasteiger charge is 2.54. The quantitative estimate of drug-likeness (QED) is 0.705. The maximum Gasteiger partial charge on any atom is 0.244 e. The Labute approximate surface area is 184 Å². The number of carbonyl (C=O) groups excluding carboxylic acids is 1. The van der Waals surface area contributed by atoms with Crippen LogP contribution >= 0.6 is 0 Å². The Kier molecular flexibility index (Phi) is 5.73. The second-order valence-electron chi connectivity index (χ2n) is 8.66. The van der Waals surface area contributed by atoms with E-state index in [1.54, 1.807) is 20.0 Å². The lowest BCUT2D eigenvalue weighted by Gasteiger charge is -2.35. The second kappa shape index (κ2) is 8.19. The zero-order valence-electron chi connectivity index (χ0n) is 18.3. The molecule has 0 radical (unpaired) electrons. The first-order valence-electron chi connectivity index (χ1n) is 10.7. The maximum absolute atomic E-state index is 13.8. The average Bonchev–Trinajstić information content (AvgIpc) is 3.26. The molecule has 1 aliphatic carbocycles. The predicted molar refractivity (Wildman–Crippen MR) is 118 cm³/mol. The van der Waals surface area contributed by atoms with E-state index in [0.717, 1.165) is 18.4 Å². The van der Waals surface area contributed by atoms with Crippen LogP contribution in [-0.2, 0) is 14.6 Å². The number of para-hydroxylation sites is 2. The number of hydrogen-bond donors (Lipinski definition) is 0. The van der Waals surface area contributed by atoms with Crippen molar-refractivity contribution >= 4 is 15.7 Å². The molecule has 166 valence electrons. The minimum atomic E-state index is -3.85. The van der Waals surface area contributed by atoms with Gasteiger partial charge < -0.3 is 14.4 Å². The van der Waals surface area contributed by atoms with Crippen molar-refractivity contribution in [2.45, 2.75) is 55.3 Å². The minimum Gasteiger partial charge on any atom is -0.486 e. The molecule has 1 fully saturated rings. The van der Waals surface area contributed by atoms with Crippen LogP contribution < -0.4 is 9.47 Å². The highest BCUT2D eigenvalue weighted by atomic mass is 32.2. The molecule has 1 saturated carbocycles. The SMILES string of the molecule is Cc1ccc(C)c(S(=O)(=O)C2(C(=O)N(C)CC3COc4ccccc4O3)CCCC2)c1. The Morgan fingerprint density at radius 2 is 1.77 bits per heavy atom. The van der Waals surface area contributed by atoms with Crippen LogP contribution in [0.3, 0.4) is 0 Å². The number of likely N-dealkylation sites (N-methyl/N-ethyl adjacent to an activating group) is 1. The molecule has 0 N–H and O–H groups in total. The largest absolute Gasteiger partial charge is 0.486 e. The Hall–Kier alpha value is -2.54. The zero-order valence-corrected chi connectivity index (χ0v) is 19.1. The van der Waals surface area contributed by atoms with Crippen molar-refractivity contribution in [3.63, 3.8) is 0 Å². The molecule has 2 aromatic rings. The molecule has 0 spiro atoms. The standard InChI is InChI=1S/C24H29NO5S/c1-17-10-11-18(2)22(14-17)31(27,28)24(12-6-7-13-24)23(26)25(3)15-19-16-29-20-8-4-5-9-21(20)30-19/h4-5,8-11,14,19H,6-7,12-13,15-16H2,1-3H3. The van der Waals surface area contributed by atoms with Gasteiger partial charge in [-0.05, 0) is 56.0 Å². The van der Waals surface area contributed by atoms with Gasteiger partial charge in [0.15, 0.2) is 32.2 Å². The van der Waals surface area contributed by atoms with Gasteiger partial charge in [0.05, 0.1) is 11.4 Å². The van der Waals surface area contributed by atoms with Gasteiger partial charge in [0, 0.05) is 7.05 Å². The van der Waals surface area contributed by atoms with Crippen LogP contribution in [-0.4, -0.2) is 50.3 Å². The summed E-state index contributed by atoms with van der Waals surface area (Å²) in [6.07, 6.45) is 1.78. The van der Waals surface area contributed by atoms with Crippen LogP contribution in [0.2, 0.25) is 0 Å². The Bertz CT molecular complexity index is 1090. The van der Waals surface area contributed by atoms with Gasteiger partial charge in [-0.1, -0.05) is 37.1 Å². The molecule has 1 aliphatic heterocycles. The minimum absolute atomic E-state index is 0.261. The fraction of sp³-hybridized carbons (Fsp3) is 0.458. The van der Waals surface area contributed by atoms with Gasteiger partial charge in [0.25, 0.3) is 0 Å². The van der Waals surface area contributed by atoms with Gasteiger partial charge in [-0.3, -0.25) is 4.79 Å². The monoisotopic (exact) mass is 443 g/mol. The molecule has 0 saturated heterocycles. The molecule has 1 heterocycles. The van der Waals surface area contributed by atoms with Gasteiger partial charge in [0.2, 0.25) is 5.91 Å². The molecule has 0 aromatic heterocycles. The second-order valence-corrected chi connectivity index (χ2v) is 10.9. The summed E-state index contributed by atoms with van der Waals surface area (Å²) in [4.78, 5) is 15.4. The third kappa shape index (κ3) is 3.80. The fourth-order valence-corrected chi connectivity index (χ4v) is 7.11. The smallest absolute Gasteiger partial charge is 0.244 e. The third-order valence-electron chi connectivity index (χ3n) is 6.34. The van der Waals surface area contributed by atoms with Crippen LogP contribution in [0.25, 0.3) is 0 Å². The van der Waals surface area contributed by atoms with Crippen LogP contribution in [0.15, 0.2) is 47.4 Å². The molecule has 2 aromatic carbocycles. The summed E-state index contributed by atoms with van der Waals surface area (Å²) < 4.78 is 38.0. The number of fused-ring (bicyclic) bond motifs is 1. The van der Waals surface area contributed by atoms with Gasteiger partial charge in [0.1, 0.15) is 6.61 Å². The zero-order chi connectivity index (χ0) is 22.2. The molecule has 1 amide bonds. The number of hydrogen-bond acceptors (Lipinski definition) is 5. The predicted octanol–water partition coefficient (Wildman–Crippen LogP) is 3.69. The molecular weight excluding hydrogens is 414 g/mol. The summed E-state index contributed by atoms with van der Waals surface area (Å²) in [5, 5.41) is 0. The molecule has 1 unspecified atom stereocenters. The summed E-state index contributed by atoms with van der Waals surface area (Å²) >= 11 is 0. The van der Waals surface area contributed by atoms with Crippen molar-refractivity contribution in [1.29, 1.82) is 0 Å². The number of amides is 1. The van der Waals surface area contributed by atoms with E-state index in [1.807, 2.05) is 43.3 Å². The number of ether oxygens (including phenoxy) is 2. The lowest BCUT2D eigenvalue weighted by atomic mass is 10.1. The van der Waals surface area contributed by atoms with Crippen molar-refractivity contribution in [1.82, 2.24) is 4.90 Å². The van der Waals surface area contributed by atoms with Gasteiger partial charge in [-0.25, -0.2) is 8.42 Å². The lowest BCUT2D eigenvalue weighted by molar-refractivity contribution is -0.134. The number of sulfone groups is 1. The van der Waals surface area contributed by atoms with E-state index in [1.165, 1.54) is 4.90 Å². The number of carbonyl (C=O) groups is 1. The van der Waals surface area contributed by atoms with Gasteiger partial charge in [-0.15, -0.1) is 0 Å². The fourth-order valence-electron chi connectivity index (χ4n) is 4.64. The first-order chi connectivity index (χ1) is 14.7. The van der Waals surface area contributed by atoms with E-state index >= 15 is 0 Å². The van der Waals surface area contributed by atoms with Crippen molar-refractivity contribution in [2.24, 2.45) is 0 Å². The van der Waals surface area contributed by atoms with Crippen molar-refractivity contribution in [2.75, 3.05) is 20.2 Å². The normalized spacial score (nSPS) is 19.8. The summed E-state index contributed by atoms with van der Waals surface area (Å²) in [5.74, 6) is 0.962. The summed E-state index contributed by atoms with van der Waals surface area (Å²) in [6, 6.07) is 12.8. The lowest BCUT2D eigenvalue weighted by Crippen LogP contribution is -2.53. The molecule has 31 heavy (non-hydrogen) atoms. The van der Waals surface area contributed by atoms with Gasteiger partial charge >= 0.3 is 0 Å². The molecule has 6 nitrogen and oxygen atoms in total. The van der Waals surface area contributed by atoms with Crippen LogP contribution in [0.5, 0.6) is 11.5 Å². The summed E-state index contributed by atoms with van der Waals surface area (Å²) in [6.45, 7) is 4.22. The van der Waals surface area contributed by atoms with Crippen molar-refractivity contribution in [3.05, 3.63) is 53.6 Å². The van der Waals surface area contributed by atoms with Crippen LogP contribution in [0, 0.1) is 13.8 Å². The number of aryl methyl sites for hydroxylation is 2. The summed E-state index contributed by atoms with van der Waals surface area (Å²) in [7, 11) is -2.19. The first-order valence-corrected chi connectivity index (χ1v) is 12.2. The Morgan fingerprint density at radius 1 is 1.10 bits per heavy atom. The van der Waals surface area contributed by atoms with E-state index in [9.17, 15) is 13.2 Å². The number of rotatable bonds is 5. The van der Waals surface area contributed by atoms with Crippen molar-refractivity contribution in [3.8, 4) is 11.5 Å². The molecule has 0 bridgehead atoms. The van der Waals surface area contributed by atoms with Gasteiger partial charge in [-0.2, -0.15) is 0 Å². The molecular formula is C24H29NO5S. The summed E-state index contributed by atoms with van der Waals surface area (Å²) in [5.41, 5.74) is 1.54.